The van der Waals surface area contributed by atoms with E-state index in [4.69, 9.17) is 5.73 Å². The van der Waals surface area contributed by atoms with Crippen molar-refractivity contribution >= 4 is 11.8 Å². The van der Waals surface area contributed by atoms with E-state index in [1.54, 1.807) is 0 Å². The Bertz CT molecular complexity index is 543. The number of hydrogen-bond acceptors (Lipinski definition) is 5. The molecule has 3 N–H and O–H groups in total. The van der Waals surface area contributed by atoms with E-state index in [0.717, 1.165) is 16.5 Å². The third kappa shape index (κ3) is 3.82. The minimum atomic E-state index is -0.572. The molecule has 5 nitrogen and oxygen atoms in total. The molecule has 1 aromatic carbocycles. The van der Waals surface area contributed by atoms with Crippen molar-refractivity contribution < 1.29 is 5.11 Å². The zero-order valence-corrected chi connectivity index (χ0v) is 12.5. The molecule has 2 rings (SSSR count). The fourth-order valence-corrected chi connectivity index (χ4v) is 2.81. The van der Waals surface area contributed by atoms with Gasteiger partial charge in [-0.25, -0.2) is 0 Å². The lowest BCUT2D eigenvalue weighted by Gasteiger charge is -2.18. The summed E-state index contributed by atoms with van der Waals surface area (Å²) < 4.78 is 1.90. The molecule has 0 radical (unpaired) electrons. The molecule has 6 heteroatoms. The van der Waals surface area contributed by atoms with Gasteiger partial charge in [0.25, 0.3) is 0 Å². The quantitative estimate of drug-likeness (QED) is 0.781. The van der Waals surface area contributed by atoms with Crippen LogP contribution in [0.3, 0.4) is 0 Å². The number of benzene rings is 1. The molecule has 0 fully saturated rings. The summed E-state index contributed by atoms with van der Waals surface area (Å²) in [6, 6.07) is 9.69. The smallest absolute Gasteiger partial charge is 0.191 e. The first kappa shape index (κ1) is 15.0. The summed E-state index contributed by atoms with van der Waals surface area (Å²) in [5.74, 6) is 1.37. The number of aliphatic hydroxyl groups is 1. The Balaban J connectivity index is 1.85. The van der Waals surface area contributed by atoms with E-state index in [0.29, 0.717) is 12.2 Å². The van der Waals surface area contributed by atoms with Crippen LogP contribution >= 0.6 is 11.8 Å². The molecular weight excluding hydrogens is 272 g/mol. The lowest BCUT2D eigenvalue weighted by molar-refractivity contribution is 0.167. The van der Waals surface area contributed by atoms with Crippen molar-refractivity contribution in [2.75, 3.05) is 5.75 Å². The summed E-state index contributed by atoms with van der Waals surface area (Å²) in [7, 11) is 1.91. The molecule has 0 saturated carbocycles. The minimum absolute atomic E-state index is 0.278. The number of aliphatic hydroxyl groups excluding tert-OH is 1. The Morgan fingerprint density at radius 2 is 2.00 bits per heavy atom. The van der Waals surface area contributed by atoms with Gasteiger partial charge in [-0.15, -0.1) is 10.2 Å². The molecule has 0 aliphatic carbocycles. The normalized spacial score (nSPS) is 14.2. The summed E-state index contributed by atoms with van der Waals surface area (Å²) in [5.41, 5.74) is 7.19. The maximum Gasteiger partial charge on any atom is 0.191 e. The van der Waals surface area contributed by atoms with Crippen molar-refractivity contribution in [2.45, 2.75) is 30.6 Å². The van der Waals surface area contributed by atoms with E-state index in [9.17, 15) is 5.11 Å². The third-order valence-corrected chi connectivity index (χ3v) is 4.37. The van der Waals surface area contributed by atoms with Crippen LogP contribution < -0.4 is 5.73 Å². The monoisotopic (exact) mass is 292 g/mol. The van der Waals surface area contributed by atoms with Crippen LogP contribution in [-0.4, -0.2) is 37.8 Å². The van der Waals surface area contributed by atoms with E-state index < -0.39 is 6.10 Å². The van der Waals surface area contributed by atoms with Gasteiger partial charge in [-0.3, -0.25) is 0 Å². The molecule has 0 aliphatic rings. The largest absolute Gasteiger partial charge is 0.391 e. The summed E-state index contributed by atoms with van der Waals surface area (Å²) >= 11 is 1.47. The standard InChI is InChI=1S/C14H20N4OS/c1-10-16-17-14(18(10)2)20-9-13(19)12(15)8-11-6-4-3-5-7-11/h3-7,12-13,19H,8-9,15H2,1-2H3. The van der Waals surface area contributed by atoms with E-state index in [1.807, 2.05) is 48.9 Å². The summed E-state index contributed by atoms with van der Waals surface area (Å²) in [4.78, 5) is 0. The topological polar surface area (TPSA) is 77.0 Å². The van der Waals surface area contributed by atoms with Crippen molar-refractivity contribution in [3.8, 4) is 0 Å². The highest BCUT2D eigenvalue weighted by atomic mass is 32.2. The molecule has 1 aromatic heterocycles. The van der Waals surface area contributed by atoms with E-state index in [-0.39, 0.29) is 6.04 Å². The van der Waals surface area contributed by atoms with Gasteiger partial charge >= 0.3 is 0 Å². The Kier molecular flexibility index (Phi) is 5.17. The molecule has 2 aromatic rings. The van der Waals surface area contributed by atoms with E-state index >= 15 is 0 Å². The maximum absolute atomic E-state index is 10.1. The molecule has 0 amide bonds. The van der Waals surface area contributed by atoms with Gasteiger partial charge in [-0.1, -0.05) is 42.1 Å². The summed E-state index contributed by atoms with van der Waals surface area (Å²) in [5, 5.41) is 19.0. The SMILES string of the molecule is Cc1nnc(SCC(O)C(N)Cc2ccccc2)n1C. The van der Waals surface area contributed by atoms with Crippen LogP contribution in [0.4, 0.5) is 0 Å². The maximum atomic E-state index is 10.1. The molecule has 0 bridgehead atoms. The highest BCUT2D eigenvalue weighted by Gasteiger charge is 2.17. The minimum Gasteiger partial charge on any atom is -0.391 e. The lowest BCUT2D eigenvalue weighted by atomic mass is 10.0. The average Bonchev–Trinajstić information content (AvgIpc) is 2.77. The Hall–Kier alpha value is -1.37. The predicted molar refractivity (Wildman–Crippen MR) is 80.6 cm³/mol. The molecule has 1 heterocycles. The molecule has 0 spiro atoms. The highest BCUT2D eigenvalue weighted by molar-refractivity contribution is 7.99. The number of thioether (sulfide) groups is 1. The van der Waals surface area contributed by atoms with E-state index in [2.05, 4.69) is 10.2 Å². The Morgan fingerprint density at radius 1 is 1.30 bits per heavy atom. The fraction of sp³-hybridized carbons (Fsp3) is 0.429. The number of nitrogens with zero attached hydrogens (tertiary/aromatic N) is 3. The number of nitrogens with two attached hydrogens (primary N) is 1. The number of rotatable bonds is 6. The molecule has 0 aliphatic heterocycles. The van der Waals surface area contributed by atoms with Crippen LogP contribution in [0, 0.1) is 6.92 Å². The van der Waals surface area contributed by atoms with Gasteiger partial charge in [-0.2, -0.15) is 0 Å². The van der Waals surface area contributed by atoms with Gasteiger partial charge in [0.1, 0.15) is 5.82 Å². The zero-order valence-electron chi connectivity index (χ0n) is 11.7. The van der Waals surface area contributed by atoms with Gasteiger partial charge in [0.05, 0.1) is 6.10 Å². The molecular formula is C14H20N4OS. The van der Waals surface area contributed by atoms with Gasteiger partial charge in [0.15, 0.2) is 5.16 Å². The first-order chi connectivity index (χ1) is 9.58. The zero-order chi connectivity index (χ0) is 14.5. The van der Waals surface area contributed by atoms with Crippen LogP contribution in [0.5, 0.6) is 0 Å². The van der Waals surface area contributed by atoms with Crippen LogP contribution in [0.2, 0.25) is 0 Å². The van der Waals surface area contributed by atoms with Crippen molar-refractivity contribution in [3.05, 3.63) is 41.7 Å². The fourth-order valence-electron chi connectivity index (χ4n) is 1.82. The highest BCUT2D eigenvalue weighted by Crippen LogP contribution is 2.17. The van der Waals surface area contributed by atoms with Gasteiger partial charge in [0.2, 0.25) is 0 Å². The first-order valence-electron chi connectivity index (χ1n) is 6.54. The van der Waals surface area contributed by atoms with E-state index in [1.165, 1.54) is 11.8 Å². The van der Waals surface area contributed by atoms with Gasteiger partial charge in [-0.05, 0) is 18.9 Å². The molecule has 108 valence electrons. The molecule has 2 atom stereocenters. The number of aryl methyl sites for hydroxylation is 1. The van der Waals surface area contributed by atoms with Crippen molar-refractivity contribution in [1.82, 2.24) is 14.8 Å². The Morgan fingerprint density at radius 3 is 2.60 bits per heavy atom. The second kappa shape index (κ2) is 6.88. The molecule has 0 saturated heterocycles. The predicted octanol–water partition coefficient (Wildman–Crippen LogP) is 1.15. The van der Waals surface area contributed by atoms with Crippen LogP contribution in [0.15, 0.2) is 35.5 Å². The van der Waals surface area contributed by atoms with Gasteiger partial charge in [0, 0.05) is 18.8 Å². The average molecular weight is 292 g/mol. The van der Waals surface area contributed by atoms with Gasteiger partial charge < -0.3 is 15.4 Å². The molecule has 2 unspecified atom stereocenters. The summed E-state index contributed by atoms with van der Waals surface area (Å²) in [6.45, 7) is 1.90. The second-order valence-electron chi connectivity index (χ2n) is 4.82. The third-order valence-electron chi connectivity index (χ3n) is 3.24. The van der Waals surface area contributed by atoms with Crippen molar-refractivity contribution in [1.29, 1.82) is 0 Å². The van der Waals surface area contributed by atoms with Crippen molar-refractivity contribution in [2.24, 2.45) is 12.8 Å². The second-order valence-corrected chi connectivity index (χ2v) is 5.81. The summed E-state index contributed by atoms with van der Waals surface area (Å²) in [6.07, 6.45) is 0.0950. The first-order valence-corrected chi connectivity index (χ1v) is 7.53. The Labute approximate surface area is 123 Å². The van der Waals surface area contributed by atoms with Crippen LogP contribution in [-0.2, 0) is 13.5 Å². The molecule has 20 heavy (non-hydrogen) atoms. The van der Waals surface area contributed by atoms with Crippen LogP contribution in [0.1, 0.15) is 11.4 Å². The number of aromatic nitrogens is 3. The lowest BCUT2D eigenvalue weighted by Crippen LogP contribution is -2.38. The number of hydrogen-bond donors (Lipinski definition) is 2. The van der Waals surface area contributed by atoms with Crippen molar-refractivity contribution in [3.63, 3.8) is 0 Å². The van der Waals surface area contributed by atoms with Crippen LogP contribution in [0.25, 0.3) is 0 Å².